The van der Waals surface area contributed by atoms with E-state index in [4.69, 9.17) is 0 Å². The summed E-state index contributed by atoms with van der Waals surface area (Å²) in [7, 11) is 0. The molecule has 0 unspecified atom stereocenters. The number of rotatable bonds is 1. The van der Waals surface area contributed by atoms with Crippen LogP contribution in [0.4, 0.5) is 4.39 Å². The Bertz CT molecular complexity index is 440. The van der Waals surface area contributed by atoms with Gasteiger partial charge in [-0.3, -0.25) is 4.79 Å². The molecule has 15 heavy (non-hydrogen) atoms. The van der Waals surface area contributed by atoms with Crippen LogP contribution in [0.25, 0.3) is 0 Å². The van der Waals surface area contributed by atoms with Crippen LogP contribution in [0.3, 0.4) is 0 Å². The minimum Gasteiger partial charge on any atom is -0.273 e. The van der Waals surface area contributed by atoms with Gasteiger partial charge in [-0.15, -0.1) is 0 Å². The first-order valence-electron chi connectivity index (χ1n) is 4.79. The second-order valence-electron chi connectivity index (χ2n) is 3.56. The first kappa shape index (κ1) is 9.83. The fraction of sp³-hybridized carbons (Fsp3) is 0.273. The molecular formula is C11H11FN2O. The van der Waals surface area contributed by atoms with Gasteiger partial charge >= 0.3 is 0 Å². The summed E-state index contributed by atoms with van der Waals surface area (Å²) >= 11 is 0. The van der Waals surface area contributed by atoms with E-state index >= 15 is 0 Å². The van der Waals surface area contributed by atoms with E-state index in [2.05, 4.69) is 10.5 Å². The molecule has 0 fully saturated rings. The average Bonchev–Trinajstić information content (AvgIpc) is 2.23. The molecule has 0 atom stereocenters. The Balaban J connectivity index is 2.30. The maximum Gasteiger partial charge on any atom is 0.240 e. The van der Waals surface area contributed by atoms with E-state index in [9.17, 15) is 9.18 Å². The quantitative estimate of drug-likeness (QED) is 0.747. The van der Waals surface area contributed by atoms with Gasteiger partial charge in [-0.05, 0) is 30.2 Å². The lowest BCUT2D eigenvalue weighted by molar-refractivity contribution is -0.121. The molecule has 0 saturated carbocycles. The highest BCUT2D eigenvalue weighted by atomic mass is 19.1. The predicted octanol–water partition coefficient (Wildman–Crippen LogP) is 1.75. The molecule has 0 bridgehead atoms. The Kier molecular flexibility index (Phi) is 2.49. The second kappa shape index (κ2) is 3.81. The van der Waals surface area contributed by atoms with E-state index in [1.165, 1.54) is 6.07 Å². The summed E-state index contributed by atoms with van der Waals surface area (Å²) in [4.78, 5) is 10.9. The van der Waals surface area contributed by atoms with Gasteiger partial charge in [0, 0.05) is 12.8 Å². The van der Waals surface area contributed by atoms with Crippen LogP contribution in [0.2, 0.25) is 0 Å². The number of amides is 1. The van der Waals surface area contributed by atoms with Gasteiger partial charge in [0.15, 0.2) is 0 Å². The fourth-order valence-corrected chi connectivity index (χ4v) is 1.51. The van der Waals surface area contributed by atoms with Crippen molar-refractivity contribution in [2.45, 2.75) is 19.8 Å². The first-order chi connectivity index (χ1) is 7.16. The number of nitrogens with zero attached hydrogens (tertiary/aromatic N) is 1. The molecule has 1 aromatic rings. The molecule has 78 valence electrons. The van der Waals surface area contributed by atoms with Crippen LogP contribution in [-0.4, -0.2) is 11.6 Å². The molecule has 0 spiro atoms. The van der Waals surface area contributed by atoms with E-state index < -0.39 is 0 Å². The summed E-state index contributed by atoms with van der Waals surface area (Å²) < 4.78 is 13.0. The van der Waals surface area contributed by atoms with Crippen molar-refractivity contribution < 1.29 is 9.18 Å². The molecule has 1 aromatic carbocycles. The highest BCUT2D eigenvalue weighted by Gasteiger charge is 2.13. The van der Waals surface area contributed by atoms with Crippen molar-refractivity contribution in [3.05, 3.63) is 35.1 Å². The Morgan fingerprint density at radius 3 is 2.80 bits per heavy atom. The summed E-state index contributed by atoms with van der Waals surface area (Å²) in [6.45, 7) is 1.71. The van der Waals surface area contributed by atoms with Gasteiger partial charge in [-0.2, -0.15) is 5.10 Å². The van der Waals surface area contributed by atoms with Crippen LogP contribution in [-0.2, 0) is 4.79 Å². The number of benzene rings is 1. The highest BCUT2D eigenvalue weighted by molar-refractivity contribution is 6.04. The Morgan fingerprint density at radius 2 is 2.20 bits per heavy atom. The van der Waals surface area contributed by atoms with Crippen molar-refractivity contribution in [3.63, 3.8) is 0 Å². The smallest absolute Gasteiger partial charge is 0.240 e. The van der Waals surface area contributed by atoms with Gasteiger partial charge in [0.2, 0.25) is 5.91 Å². The van der Waals surface area contributed by atoms with Crippen LogP contribution in [0.5, 0.6) is 0 Å². The molecule has 4 heteroatoms. The SMILES string of the molecule is Cc1cc(C2=NNC(=O)CC2)ccc1F. The van der Waals surface area contributed by atoms with Crippen LogP contribution in [0, 0.1) is 12.7 Å². The van der Waals surface area contributed by atoms with Crippen LogP contribution >= 0.6 is 0 Å². The van der Waals surface area contributed by atoms with E-state index in [1.807, 2.05) is 0 Å². The van der Waals surface area contributed by atoms with Crippen molar-refractivity contribution in [1.29, 1.82) is 0 Å². The second-order valence-corrected chi connectivity index (χ2v) is 3.56. The van der Waals surface area contributed by atoms with E-state index in [-0.39, 0.29) is 11.7 Å². The third kappa shape index (κ3) is 2.03. The summed E-state index contributed by atoms with van der Waals surface area (Å²) in [6, 6.07) is 4.84. The van der Waals surface area contributed by atoms with Crippen molar-refractivity contribution in [2.24, 2.45) is 5.10 Å². The molecule has 0 aromatic heterocycles. The molecule has 0 aliphatic carbocycles. The van der Waals surface area contributed by atoms with Crippen molar-refractivity contribution >= 4 is 11.6 Å². The molecule has 1 amide bonds. The molecular weight excluding hydrogens is 195 g/mol. The molecule has 0 saturated heterocycles. The van der Waals surface area contributed by atoms with Gasteiger partial charge < -0.3 is 0 Å². The number of hydrogen-bond donors (Lipinski definition) is 1. The van der Waals surface area contributed by atoms with E-state index in [1.54, 1.807) is 19.1 Å². The maximum absolute atomic E-state index is 13.0. The summed E-state index contributed by atoms with van der Waals surface area (Å²) in [5.41, 5.74) is 4.68. The zero-order valence-electron chi connectivity index (χ0n) is 8.38. The van der Waals surface area contributed by atoms with Crippen LogP contribution in [0.15, 0.2) is 23.3 Å². The van der Waals surface area contributed by atoms with Gasteiger partial charge in [-0.25, -0.2) is 9.82 Å². The Morgan fingerprint density at radius 1 is 1.40 bits per heavy atom. The van der Waals surface area contributed by atoms with E-state index in [0.717, 1.165) is 11.3 Å². The molecule has 1 aliphatic heterocycles. The number of aryl methyl sites for hydroxylation is 1. The van der Waals surface area contributed by atoms with Gasteiger partial charge in [-0.1, -0.05) is 6.07 Å². The number of halogens is 1. The van der Waals surface area contributed by atoms with E-state index in [0.29, 0.717) is 18.4 Å². The highest BCUT2D eigenvalue weighted by Crippen LogP contribution is 2.14. The zero-order chi connectivity index (χ0) is 10.8. The summed E-state index contributed by atoms with van der Waals surface area (Å²) in [5, 5.41) is 3.95. The average molecular weight is 206 g/mol. The molecule has 0 radical (unpaired) electrons. The molecule has 1 aliphatic rings. The number of hydrogen-bond acceptors (Lipinski definition) is 2. The lowest BCUT2D eigenvalue weighted by atomic mass is 10.0. The number of carbonyl (C=O) groups excluding carboxylic acids is 1. The lowest BCUT2D eigenvalue weighted by Gasteiger charge is -2.12. The Labute approximate surface area is 87.0 Å². The molecule has 3 nitrogen and oxygen atoms in total. The van der Waals surface area contributed by atoms with Crippen LogP contribution in [0.1, 0.15) is 24.0 Å². The maximum atomic E-state index is 13.0. The van der Waals surface area contributed by atoms with Crippen molar-refractivity contribution in [1.82, 2.24) is 5.43 Å². The lowest BCUT2D eigenvalue weighted by Crippen LogP contribution is -2.25. The fourth-order valence-electron chi connectivity index (χ4n) is 1.51. The third-order valence-corrected chi connectivity index (χ3v) is 2.40. The number of hydrazone groups is 1. The first-order valence-corrected chi connectivity index (χ1v) is 4.79. The molecule has 2 rings (SSSR count). The normalized spacial score (nSPS) is 15.9. The standard InChI is InChI=1S/C11H11FN2O/c1-7-6-8(2-3-9(7)12)10-4-5-11(15)14-13-10/h2-3,6H,4-5H2,1H3,(H,14,15). The van der Waals surface area contributed by atoms with Gasteiger partial charge in [0.25, 0.3) is 0 Å². The number of nitrogens with one attached hydrogen (secondary N) is 1. The number of carbonyl (C=O) groups is 1. The zero-order valence-corrected chi connectivity index (χ0v) is 8.38. The minimum atomic E-state index is -0.223. The van der Waals surface area contributed by atoms with Crippen molar-refractivity contribution in [2.75, 3.05) is 0 Å². The van der Waals surface area contributed by atoms with Crippen molar-refractivity contribution in [3.8, 4) is 0 Å². The predicted molar refractivity (Wildman–Crippen MR) is 55.1 cm³/mol. The third-order valence-electron chi connectivity index (χ3n) is 2.40. The minimum absolute atomic E-state index is 0.0717. The monoisotopic (exact) mass is 206 g/mol. The largest absolute Gasteiger partial charge is 0.273 e. The molecule has 1 heterocycles. The Hall–Kier alpha value is -1.71. The summed E-state index contributed by atoms with van der Waals surface area (Å²) in [5.74, 6) is -0.295. The van der Waals surface area contributed by atoms with Gasteiger partial charge in [0.05, 0.1) is 5.71 Å². The van der Waals surface area contributed by atoms with Crippen LogP contribution < -0.4 is 5.43 Å². The molecule has 1 N–H and O–H groups in total. The summed E-state index contributed by atoms with van der Waals surface area (Å²) in [6.07, 6.45) is 1.05. The van der Waals surface area contributed by atoms with Gasteiger partial charge in [0.1, 0.15) is 5.82 Å². The topological polar surface area (TPSA) is 41.5 Å².